The van der Waals surface area contributed by atoms with Crippen LogP contribution in [0.4, 0.5) is 0 Å². The SMILES string of the molecule is CC1CCCCCCCCCCCCCCCCCCCC(C)C(C)C(C)C(C)C(C)C(C)C(C)C1C. The Kier molecular flexibility index (Phi) is 19.7. The predicted octanol–water partition coefficient (Wildman–Crippen LogP) is 13.1. The van der Waals surface area contributed by atoms with E-state index in [1.54, 1.807) is 0 Å². The molecule has 0 heterocycles. The largest absolute Gasteiger partial charge is 0.0622 e. The summed E-state index contributed by atoms with van der Waals surface area (Å²) in [6.45, 7) is 23.1. The summed E-state index contributed by atoms with van der Waals surface area (Å²) < 4.78 is 0. The molecule has 0 bridgehead atoms. The molecule has 0 aromatic rings. The van der Waals surface area contributed by atoms with Gasteiger partial charge >= 0.3 is 0 Å². The first-order valence-electron chi connectivity index (χ1n) is 17.7. The van der Waals surface area contributed by atoms with Crippen LogP contribution in [0.5, 0.6) is 0 Å². The summed E-state index contributed by atoms with van der Waals surface area (Å²) in [7, 11) is 0. The van der Waals surface area contributed by atoms with Crippen molar-refractivity contribution in [2.24, 2.45) is 53.3 Å². The van der Waals surface area contributed by atoms with Gasteiger partial charge in [0.05, 0.1) is 0 Å². The Morgan fingerprint density at radius 2 is 0.378 bits per heavy atom. The van der Waals surface area contributed by atoms with Gasteiger partial charge in [0.25, 0.3) is 0 Å². The third-order valence-corrected chi connectivity index (χ3v) is 12.1. The molecular formula is C37H74. The minimum Gasteiger partial charge on any atom is -0.0622 e. The third kappa shape index (κ3) is 14.3. The highest BCUT2D eigenvalue weighted by atomic mass is 14.4. The molecular weight excluding hydrogens is 444 g/mol. The van der Waals surface area contributed by atoms with E-state index < -0.39 is 0 Å². The first-order valence-corrected chi connectivity index (χ1v) is 17.7. The van der Waals surface area contributed by atoms with Crippen LogP contribution in [-0.2, 0) is 0 Å². The van der Waals surface area contributed by atoms with E-state index in [9.17, 15) is 0 Å². The standard InChI is InChI=1S/C37H74/c1-29-27-25-23-21-19-17-15-13-11-10-12-14-16-18-20-22-24-26-28-30(2)32(4)34(6)36(8)37(9)35(7)33(5)31(29)3/h29-37H,10-28H2,1-9H3. The summed E-state index contributed by atoms with van der Waals surface area (Å²) in [5.41, 5.74) is 0. The Morgan fingerprint density at radius 1 is 0.216 bits per heavy atom. The molecule has 0 heteroatoms. The number of hydrogen-bond acceptors (Lipinski definition) is 0. The van der Waals surface area contributed by atoms with Gasteiger partial charge in [0.15, 0.2) is 0 Å². The molecule has 1 fully saturated rings. The maximum atomic E-state index is 2.58. The molecule has 1 saturated carbocycles. The summed E-state index contributed by atoms with van der Waals surface area (Å²) in [4.78, 5) is 0. The van der Waals surface area contributed by atoms with Crippen molar-refractivity contribution in [2.45, 2.75) is 184 Å². The predicted molar refractivity (Wildman–Crippen MR) is 170 cm³/mol. The average Bonchev–Trinajstić information content (AvgIpc) is 2.90. The lowest BCUT2D eigenvalue weighted by molar-refractivity contribution is 0.0877. The van der Waals surface area contributed by atoms with E-state index in [-0.39, 0.29) is 0 Å². The van der Waals surface area contributed by atoms with Crippen LogP contribution < -0.4 is 0 Å². The Hall–Kier alpha value is 0. The Bertz CT molecular complexity index is 464. The van der Waals surface area contributed by atoms with Crippen molar-refractivity contribution in [3.8, 4) is 0 Å². The van der Waals surface area contributed by atoms with Gasteiger partial charge in [-0.15, -0.1) is 0 Å². The van der Waals surface area contributed by atoms with Crippen LogP contribution in [0.2, 0.25) is 0 Å². The van der Waals surface area contributed by atoms with Crippen LogP contribution in [0.1, 0.15) is 184 Å². The van der Waals surface area contributed by atoms with Gasteiger partial charge in [-0.3, -0.25) is 0 Å². The van der Waals surface area contributed by atoms with E-state index in [1.807, 2.05) is 0 Å². The fourth-order valence-corrected chi connectivity index (χ4v) is 7.54. The Morgan fingerprint density at radius 3 is 0.595 bits per heavy atom. The molecule has 0 nitrogen and oxygen atoms in total. The first kappa shape index (κ1) is 35.0. The summed E-state index contributed by atoms with van der Waals surface area (Å²) in [6.07, 6.45) is 27.9. The van der Waals surface area contributed by atoms with Gasteiger partial charge in [-0.25, -0.2) is 0 Å². The van der Waals surface area contributed by atoms with Gasteiger partial charge in [0.2, 0.25) is 0 Å². The molecule has 0 saturated heterocycles. The van der Waals surface area contributed by atoms with Crippen molar-refractivity contribution in [2.75, 3.05) is 0 Å². The van der Waals surface area contributed by atoms with E-state index in [1.165, 1.54) is 122 Å². The van der Waals surface area contributed by atoms with Crippen LogP contribution in [0, 0.1) is 53.3 Å². The molecule has 222 valence electrons. The molecule has 8 atom stereocenters. The topological polar surface area (TPSA) is 0 Å². The smallest absolute Gasteiger partial charge is 0.0386 e. The minimum absolute atomic E-state index is 0.807. The summed E-state index contributed by atoms with van der Waals surface area (Å²) in [6, 6.07) is 0. The lowest BCUT2D eigenvalue weighted by Crippen LogP contribution is -2.33. The van der Waals surface area contributed by atoms with Crippen molar-refractivity contribution in [1.82, 2.24) is 0 Å². The summed E-state index contributed by atoms with van der Waals surface area (Å²) in [5.74, 6) is 7.46. The van der Waals surface area contributed by atoms with Crippen molar-refractivity contribution >= 4 is 0 Å². The van der Waals surface area contributed by atoms with E-state index >= 15 is 0 Å². The molecule has 0 N–H and O–H groups in total. The molecule has 0 amide bonds. The molecule has 1 aliphatic carbocycles. The maximum Gasteiger partial charge on any atom is -0.0386 e. The van der Waals surface area contributed by atoms with Crippen molar-refractivity contribution < 1.29 is 0 Å². The molecule has 1 rings (SSSR count). The van der Waals surface area contributed by atoms with Gasteiger partial charge in [-0.1, -0.05) is 184 Å². The fourth-order valence-electron chi connectivity index (χ4n) is 7.54. The second kappa shape index (κ2) is 20.8. The van der Waals surface area contributed by atoms with E-state index in [0.717, 1.165) is 53.3 Å². The second-order valence-electron chi connectivity index (χ2n) is 14.6. The number of hydrogen-bond donors (Lipinski definition) is 0. The lowest BCUT2D eigenvalue weighted by Gasteiger charge is -2.40. The minimum atomic E-state index is 0.807. The van der Waals surface area contributed by atoms with Crippen LogP contribution in [-0.4, -0.2) is 0 Å². The highest BCUT2D eigenvalue weighted by molar-refractivity contribution is 4.82. The van der Waals surface area contributed by atoms with E-state index in [2.05, 4.69) is 62.3 Å². The highest BCUT2D eigenvalue weighted by Gasteiger charge is 2.33. The lowest BCUT2D eigenvalue weighted by atomic mass is 9.65. The molecule has 37 heavy (non-hydrogen) atoms. The molecule has 0 spiro atoms. The van der Waals surface area contributed by atoms with Gasteiger partial charge in [0, 0.05) is 0 Å². The van der Waals surface area contributed by atoms with Crippen LogP contribution in [0.3, 0.4) is 0 Å². The average molecular weight is 519 g/mol. The fraction of sp³-hybridized carbons (Fsp3) is 1.00. The summed E-state index contributed by atoms with van der Waals surface area (Å²) in [5, 5.41) is 0. The molecule has 0 aromatic carbocycles. The Labute approximate surface area is 237 Å². The molecule has 8 unspecified atom stereocenters. The number of rotatable bonds is 0. The third-order valence-electron chi connectivity index (χ3n) is 12.1. The zero-order chi connectivity index (χ0) is 27.6. The summed E-state index contributed by atoms with van der Waals surface area (Å²) >= 11 is 0. The molecule has 1 aliphatic rings. The normalized spacial score (nSPS) is 39.3. The monoisotopic (exact) mass is 519 g/mol. The van der Waals surface area contributed by atoms with Crippen LogP contribution >= 0.6 is 0 Å². The van der Waals surface area contributed by atoms with Crippen LogP contribution in [0.25, 0.3) is 0 Å². The zero-order valence-corrected chi connectivity index (χ0v) is 27.6. The first-order chi connectivity index (χ1) is 17.7. The molecule has 0 radical (unpaired) electrons. The van der Waals surface area contributed by atoms with Gasteiger partial charge < -0.3 is 0 Å². The van der Waals surface area contributed by atoms with Gasteiger partial charge in [-0.05, 0) is 53.3 Å². The van der Waals surface area contributed by atoms with Gasteiger partial charge in [-0.2, -0.15) is 0 Å². The zero-order valence-electron chi connectivity index (χ0n) is 27.6. The van der Waals surface area contributed by atoms with Crippen molar-refractivity contribution in [1.29, 1.82) is 0 Å². The van der Waals surface area contributed by atoms with Crippen molar-refractivity contribution in [3.05, 3.63) is 0 Å². The van der Waals surface area contributed by atoms with E-state index in [0.29, 0.717) is 0 Å². The second-order valence-corrected chi connectivity index (χ2v) is 14.6. The highest BCUT2D eigenvalue weighted by Crippen LogP contribution is 2.40. The molecule has 0 aliphatic heterocycles. The quantitative estimate of drug-likeness (QED) is 0.299. The van der Waals surface area contributed by atoms with Gasteiger partial charge in [0.1, 0.15) is 0 Å². The van der Waals surface area contributed by atoms with E-state index in [4.69, 9.17) is 0 Å². The maximum absolute atomic E-state index is 2.58. The van der Waals surface area contributed by atoms with Crippen molar-refractivity contribution in [3.63, 3.8) is 0 Å². The molecule has 0 aromatic heterocycles. The Balaban J connectivity index is 2.63. The van der Waals surface area contributed by atoms with Crippen LogP contribution in [0.15, 0.2) is 0 Å².